The van der Waals surface area contributed by atoms with Gasteiger partial charge in [-0.25, -0.2) is 24.0 Å². The zero-order chi connectivity index (χ0) is 67.0. The lowest BCUT2D eigenvalue weighted by atomic mass is 9.98. The normalized spacial score (nSPS) is 16.1. The maximum atomic E-state index is 14.5. The van der Waals surface area contributed by atoms with Gasteiger partial charge in [0.05, 0.1) is 107 Å². The van der Waals surface area contributed by atoms with E-state index in [4.69, 9.17) is 99.5 Å². The quantitative estimate of drug-likeness (QED) is 0.0229. The van der Waals surface area contributed by atoms with Gasteiger partial charge in [0.15, 0.2) is 69.7 Å². The number of hydrogen-bond donors (Lipinski definition) is 0. The standard InChI is InChI=1S/C66H72O26/c1-72-42-26-37(27-43(73-2)58(42)82-11)16-21-53(67)87-36-52-63(89-54(68)22-17-38-28-44(74-3)59(83-12)45(29-38)75-4)64(90-55(69)23-18-39-30-46(76-5)60(84-13)47(31-39)77-6)65(91-56(70)24-19-40-32-48(78-7)61(85-14)49(33-40)79-8)66(88-52)92-57(71)25-20-41-34-50(80-9)62(86-15)51(35-41)81-10/h16-35,52,63-66H,36H2,1-15H3/t52-,63-,64+,65-,66?/m1/s1. The number of hydrogen-bond acceptors (Lipinski definition) is 26. The summed E-state index contributed by atoms with van der Waals surface area (Å²) in [6.07, 6.45) is 2.03. The zero-order valence-electron chi connectivity index (χ0n) is 53.3. The first-order valence-electron chi connectivity index (χ1n) is 27.5. The third-order valence-electron chi connectivity index (χ3n) is 13.5. The second-order valence-corrected chi connectivity index (χ2v) is 18.8. The van der Waals surface area contributed by atoms with E-state index in [-0.39, 0.29) is 80.5 Å². The van der Waals surface area contributed by atoms with Crippen molar-refractivity contribution in [3.05, 3.63) is 119 Å². The lowest BCUT2D eigenvalue weighted by molar-refractivity contribution is -0.298. The first-order chi connectivity index (χ1) is 44.4. The Bertz CT molecular complexity index is 3440. The molecule has 0 saturated carbocycles. The van der Waals surface area contributed by atoms with Gasteiger partial charge in [0.1, 0.15) is 12.7 Å². The summed E-state index contributed by atoms with van der Waals surface area (Å²) >= 11 is 0. The molecule has 492 valence electrons. The summed E-state index contributed by atoms with van der Waals surface area (Å²) in [5, 5.41) is 0. The van der Waals surface area contributed by atoms with Crippen molar-refractivity contribution in [3.8, 4) is 86.2 Å². The van der Waals surface area contributed by atoms with Gasteiger partial charge in [0, 0.05) is 30.4 Å². The zero-order valence-corrected chi connectivity index (χ0v) is 53.3. The van der Waals surface area contributed by atoms with Crippen molar-refractivity contribution >= 4 is 60.2 Å². The molecular formula is C66H72O26. The van der Waals surface area contributed by atoms with Gasteiger partial charge >= 0.3 is 29.8 Å². The summed E-state index contributed by atoms with van der Waals surface area (Å²) in [5.74, 6) is -1.66. The van der Waals surface area contributed by atoms with Gasteiger partial charge in [0.2, 0.25) is 41.1 Å². The van der Waals surface area contributed by atoms with Crippen LogP contribution in [0, 0.1) is 0 Å². The molecule has 0 aliphatic carbocycles. The van der Waals surface area contributed by atoms with Crippen LogP contribution >= 0.6 is 0 Å². The molecule has 1 saturated heterocycles. The number of esters is 5. The van der Waals surface area contributed by atoms with Gasteiger partial charge in [-0.05, 0) is 119 Å². The highest BCUT2D eigenvalue weighted by Gasteiger charge is 2.54. The van der Waals surface area contributed by atoms with Crippen LogP contribution in [0.15, 0.2) is 91.0 Å². The van der Waals surface area contributed by atoms with Crippen molar-refractivity contribution in [3.63, 3.8) is 0 Å². The predicted molar refractivity (Wildman–Crippen MR) is 331 cm³/mol. The molecule has 1 unspecified atom stereocenters. The maximum Gasteiger partial charge on any atom is 0.333 e. The summed E-state index contributed by atoms with van der Waals surface area (Å²) < 4.78 is 119. The molecule has 6 rings (SSSR count). The van der Waals surface area contributed by atoms with Crippen LogP contribution in [0.4, 0.5) is 0 Å². The molecule has 26 nitrogen and oxygen atoms in total. The number of carbonyl (C=O) groups excluding carboxylic acids is 5. The van der Waals surface area contributed by atoms with Gasteiger partial charge in [-0.3, -0.25) is 0 Å². The predicted octanol–water partition coefficient (Wildman–Crippen LogP) is 8.23. The molecule has 0 aromatic heterocycles. The monoisotopic (exact) mass is 1280 g/mol. The summed E-state index contributed by atoms with van der Waals surface area (Å²) in [6, 6.07) is 15.5. The molecule has 92 heavy (non-hydrogen) atoms. The highest BCUT2D eigenvalue weighted by atomic mass is 16.7. The lowest BCUT2D eigenvalue weighted by Crippen LogP contribution is -2.63. The van der Waals surface area contributed by atoms with E-state index in [0.717, 1.165) is 30.4 Å². The molecule has 1 heterocycles. The number of ether oxygens (including phenoxy) is 21. The van der Waals surface area contributed by atoms with Gasteiger partial charge in [-0.1, -0.05) is 0 Å². The summed E-state index contributed by atoms with van der Waals surface area (Å²) in [7, 11) is 21.2. The SMILES string of the molecule is COc1cc(C=CC(=O)OC[C@H]2OC(OC(=O)C=Cc3cc(OC)c(OC)c(OC)c3)[C@H](OC(=O)C=Cc3cc(OC)c(OC)c(OC)c3)[C@@H](OC(=O)C=Cc3cc(OC)c(OC)c(OC)c3)[C@@H]2OC(=O)C=Cc2cc(OC)c(OC)c(OC)c2)cc(OC)c1OC. The molecule has 1 fully saturated rings. The van der Waals surface area contributed by atoms with Crippen LogP contribution < -0.4 is 71.1 Å². The van der Waals surface area contributed by atoms with Crippen LogP contribution in [0.5, 0.6) is 86.2 Å². The van der Waals surface area contributed by atoms with Gasteiger partial charge in [-0.15, -0.1) is 0 Å². The van der Waals surface area contributed by atoms with Gasteiger partial charge in [-0.2, -0.15) is 0 Å². The Kier molecular flexibility index (Phi) is 26.1. The average Bonchev–Trinajstić information content (AvgIpc) is 0.853. The molecule has 5 aromatic rings. The number of carbonyl (C=O) groups is 5. The Morgan fingerprint density at radius 2 is 0.511 bits per heavy atom. The Morgan fingerprint density at radius 1 is 0.293 bits per heavy atom. The molecule has 1 aliphatic heterocycles. The minimum atomic E-state index is -2.08. The van der Waals surface area contributed by atoms with Crippen LogP contribution in [0.2, 0.25) is 0 Å². The van der Waals surface area contributed by atoms with E-state index in [9.17, 15) is 24.0 Å². The van der Waals surface area contributed by atoms with E-state index >= 15 is 0 Å². The second kappa shape index (κ2) is 34.2. The summed E-state index contributed by atoms with van der Waals surface area (Å²) in [4.78, 5) is 71.4. The summed E-state index contributed by atoms with van der Waals surface area (Å²) in [6.45, 7) is -0.820. The van der Waals surface area contributed by atoms with E-state index in [1.54, 1.807) is 36.4 Å². The molecule has 26 heteroatoms. The van der Waals surface area contributed by atoms with Crippen LogP contribution in [-0.2, 0) is 52.4 Å². The van der Waals surface area contributed by atoms with Crippen molar-refractivity contribution in [1.29, 1.82) is 0 Å². The minimum Gasteiger partial charge on any atom is -0.493 e. The van der Waals surface area contributed by atoms with Crippen molar-refractivity contribution in [2.24, 2.45) is 0 Å². The van der Waals surface area contributed by atoms with Crippen LogP contribution in [0.3, 0.4) is 0 Å². The average molecular weight is 1280 g/mol. The molecule has 5 aromatic carbocycles. The summed E-state index contributed by atoms with van der Waals surface area (Å²) in [5.41, 5.74) is 1.83. The largest absolute Gasteiger partial charge is 0.493 e. The third-order valence-corrected chi connectivity index (χ3v) is 13.5. The van der Waals surface area contributed by atoms with Crippen molar-refractivity contribution in [2.45, 2.75) is 30.7 Å². The van der Waals surface area contributed by atoms with Crippen LogP contribution in [-0.4, -0.2) is 174 Å². The molecule has 0 amide bonds. The van der Waals surface area contributed by atoms with E-state index in [1.807, 2.05) is 0 Å². The molecule has 0 bridgehead atoms. The van der Waals surface area contributed by atoms with E-state index in [1.165, 1.54) is 161 Å². The van der Waals surface area contributed by atoms with Crippen molar-refractivity contribution in [1.82, 2.24) is 0 Å². The number of methoxy groups -OCH3 is 15. The van der Waals surface area contributed by atoms with Crippen molar-refractivity contribution < 1.29 is 123 Å². The Labute approximate surface area is 531 Å². The first-order valence-corrected chi connectivity index (χ1v) is 27.5. The Hall–Kier alpha value is -10.9. The lowest BCUT2D eigenvalue weighted by Gasteiger charge is -2.43. The molecule has 5 atom stereocenters. The maximum absolute atomic E-state index is 14.5. The topological polar surface area (TPSA) is 279 Å². The fourth-order valence-electron chi connectivity index (χ4n) is 9.20. The fourth-order valence-corrected chi connectivity index (χ4v) is 9.20. The van der Waals surface area contributed by atoms with E-state index < -0.39 is 67.2 Å². The van der Waals surface area contributed by atoms with E-state index in [0.29, 0.717) is 33.6 Å². The molecule has 0 radical (unpaired) electrons. The van der Waals surface area contributed by atoms with E-state index in [2.05, 4.69) is 0 Å². The smallest absolute Gasteiger partial charge is 0.333 e. The highest BCUT2D eigenvalue weighted by Crippen LogP contribution is 2.43. The molecule has 1 aliphatic rings. The van der Waals surface area contributed by atoms with Gasteiger partial charge in [0.25, 0.3) is 0 Å². The second-order valence-electron chi connectivity index (χ2n) is 18.8. The molecular weight excluding hydrogens is 1210 g/mol. The van der Waals surface area contributed by atoms with Crippen molar-refractivity contribution in [2.75, 3.05) is 113 Å². The Balaban J connectivity index is 1.52. The van der Waals surface area contributed by atoms with Gasteiger partial charge < -0.3 is 99.5 Å². The molecule has 0 spiro atoms. The number of benzene rings is 5. The minimum absolute atomic E-state index is 0.238. The Morgan fingerprint density at radius 3 is 0.750 bits per heavy atom. The van der Waals surface area contributed by atoms with Crippen LogP contribution in [0.25, 0.3) is 30.4 Å². The fraction of sp³-hybridized carbons (Fsp3) is 0.318. The highest BCUT2D eigenvalue weighted by molar-refractivity contribution is 5.91. The van der Waals surface area contributed by atoms with Crippen LogP contribution in [0.1, 0.15) is 27.8 Å². The molecule has 0 N–H and O–H groups in total. The first kappa shape index (κ1) is 70.2. The number of rotatable bonds is 31. The third kappa shape index (κ3) is 17.7.